The number of imidazole rings is 1. The van der Waals surface area contributed by atoms with E-state index >= 15 is 0 Å². The highest BCUT2D eigenvalue weighted by molar-refractivity contribution is 7.15. The van der Waals surface area contributed by atoms with Crippen molar-refractivity contribution in [3.63, 3.8) is 0 Å². The van der Waals surface area contributed by atoms with Gasteiger partial charge in [0.1, 0.15) is 5.75 Å². The third-order valence-corrected chi connectivity index (χ3v) is 3.87. The van der Waals surface area contributed by atoms with Crippen molar-refractivity contribution in [2.75, 3.05) is 6.61 Å². The number of rotatable bonds is 5. The number of hydrogen-bond acceptors (Lipinski definition) is 4. The van der Waals surface area contributed by atoms with E-state index < -0.39 is 6.10 Å². The third-order valence-electron chi connectivity index (χ3n) is 3.10. The molecule has 5 heteroatoms. The van der Waals surface area contributed by atoms with E-state index in [0.29, 0.717) is 13.0 Å². The van der Waals surface area contributed by atoms with Gasteiger partial charge in [0, 0.05) is 24.2 Å². The lowest BCUT2D eigenvalue weighted by molar-refractivity contribution is 0.177. The van der Waals surface area contributed by atoms with E-state index in [9.17, 15) is 5.11 Å². The van der Waals surface area contributed by atoms with Crippen LogP contribution in [0.5, 0.6) is 5.75 Å². The van der Waals surface area contributed by atoms with E-state index in [1.165, 1.54) is 0 Å². The van der Waals surface area contributed by atoms with Crippen molar-refractivity contribution in [3.8, 4) is 5.75 Å². The first-order chi connectivity index (χ1) is 9.76. The Balaban J connectivity index is 1.76. The normalized spacial score (nSPS) is 12.7. The highest BCUT2D eigenvalue weighted by atomic mass is 32.1. The van der Waals surface area contributed by atoms with Gasteiger partial charge in [-0.25, -0.2) is 4.98 Å². The Morgan fingerprint density at radius 2 is 2.35 bits per heavy atom. The summed E-state index contributed by atoms with van der Waals surface area (Å²) in [6, 6.07) is 7.58. The first-order valence-corrected chi connectivity index (χ1v) is 7.46. The highest BCUT2D eigenvalue weighted by Crippen LogP contribution is 2.23. The van der Waals surface area contributed by atoms with Gasteiger partial charge in [0.2, 0.25) is 0 Å². The van der Waals surface area contributed by atoms with E-state index in [-0.39, 0.29) is 0 Å². The van der Waals surface area contributed by atoms with Crippen molar-refractivity contribution < 1.29 is 9.84 Å². The second-order valence-electron chi connectivity index (χ2n) is 4.55. The van der Waals surface area contributed by atoms with Crippen LogP contribution < -0.4 is 4.74 Å². The van der Waals surface area contributed by atoms with Gasteiger partial charge in [0.15, 0.2) is 4.96 Å². The van der Waals surface area contributed by atoms with Crippen LogP contribution >= 0.6 is 11.3 Å². The SMILES string of the molecule is CCOc1cccc(C(O)Cc2cn3ccsc3n2)c1. The number of aromatic nitrogens is 2. The zero-order valence-electron chi connectivity index (χ0n) is 11.2. The summed E-state index contributed by atoms with van der Waals surface area (Å²) >= 11 is 1.59. The van der Waals surface area contributed by atoms with Gasteiger partial charge in [-0.2, -0.15) is 0 Å². The molecule has 20 heavy (non-hydrogen) atoms. The van der Waals surface area contributed by atoms with E-state index in [0.717, 1.165) is 22.0 Å². The van der Waals surface area contributed by atoms with Crippen molar-refractivity contribution in [2.24, 2.45) is 0 Å². The van der Waals surface area contributed by atoms with Crippen LogP contribution in [-0.4, -0.2) is 21.1 Å². The molecule has 1 aromatic carbocycles. The molecule has 104 valence electrons. The Labute approximate surface area is 121 Å². The number of hydrogen-bond donors (Lipinski definition) is 1. The molecule has 0 aliphatic rings. The predicted octanol–water partition coefficient (Wildman–Crippen LogP) is 3.07. The summed E-state index contributed by atoms with van der Waals surface area (Å²) in [5.41, 5.74) is 1.75. The maximum absolute atomic E-state index is 10.3. The molecule has 3 aromatic rings. The maximum atomic E-state index is 10.3. The fourth-order valence-corrected chi connectivity index (χ4v) is 2.89. The molecular weight excluding hydrogens is 272 g/mol. The highest BCUT2D eigenvalue weighted by Gasteiger charge is 2.12. The molecule has 1 N–H and O–H groups in total. The zero-order chi connectivity index (χ0) is 13.9. The Hall–Kier alpha value is -1.85. The number of fused-ring (bicyclic) bond motifs is 1. The molecule has 1 unspecified atom stereocenters. The second kappa shape index (κ2) is 5.64. The largest absolute Gasteiger partial charge is 0.494 e. The van der Waals surface area contributed by atoms with Gasteiger partial charge in [-0.05, 0) is 24.6 Å². The number of aliphatic hydroxyl groups is 1. The van der Waals surface area contributed by atoms with Crippen molar-refractivity contribution in [2.45, 2.75) is 19.4 Å². The molecule has 4 nitrogen and oxygen atoms in total. The number of benzene rings is 1. The zero-order valence-corrected chi connectivity index (χ0v) is 12.0. The molecule has 0 aliphatic heterocycles. The second-order valence-corrected chi connectivity index (χ2v) is 5.42. The summed E-state index contributed by atoms with van der Waals surface area (Å²) < 4.78 is 7.43. The lowest BCUT2D eigenvalue weighted by Crippen LogP contribution is -2.03. The average Bonchev–Trinajstić information content (AvgIpc) is 3.00. The molecule has 1 atom stereocenters. The Morgan fingerprint density at radius 3 is 3.15 bits per heavy atom. The van der Waals surface area contributed by atoms with Crippen molar-refractivity contribution >= 4 is 16.3 Å². The molecule has 0 fully saturated rings. The summed E-state index contributed by atoms with van der Waals surface area (Å²) in [5, 5.41) is 12.3. The van der Waals surface area contributed by atoms with Crippen LogP contribution in [0.2, 0.25) is 0 Å². The summed E-state index contributed by atoms with van der Waals surface area (Å²) in [5.74, 6) is 0.787. The van der Waals surface area contributed by atoms with Gasteiger partial charge in [0.25, 0.3) is 0 Å². The quantitative estimate of drug-likeness (QED) is 0.785. The minimum Gasteiger partial charge on any atom is -0.494 e. The third kappa shape index (κ3) is 2.69. The van der Waals surface area contributed by atoms with E-state index in [1.54, 1.807) is 11.3 Å². The van der Waals surface area contributed by atoms with Crippen LogP contribution in [0.25, 0.3) is 4.96 Å². The van der Waals surface area contributed by atoms with Crippen LogP contribution in [0.4, 0.5) is 0 Å². The number of aliphatic hydroxyl groups excluding tert-OH is 1. The summed E-state index contributed by atoms with van der Waals surface area (Å²) in [7, 11) is 0. The lowest BCUT2D eigenvalue weighted by Gasteiger charge is -2.11. The summed E-state index contributed by atoms with van der Waals surface area (Å²) in [4.78, 5) is 5.44. The lowest BCUT2D eigenvalue weighted by atomic mass is 10.1. The Bertz CT molecular complexity index is 676. The van der Waals surface area contributed by atoms with E-state index in [1.807, 2.05) is 53.4 Å². The Morgan fingerprint density at radius 1 is 1.45 bits per heavy atom. The molecule has 2 heterocycles. The van der Waals surface area contributed by atoms with Gasteiger partial charge in [0.05, 0.1) is 18.4 Å². The molecule has 0 amide bonds. The molecule has 0 saturated carbocycles. The first kappa shape index (κ1) is 13.1. The van der Waals surface area contributed by atoms with Gasteiger partial charge in [-0.15, -0.1) is 11.3 Å². The molecule has 0 saturated heterocycles. The summed E-state index contributed by atoms with van der Waals surface area (Å²) in [6.45, 7) is 2.57. The van der Waals surface area contributed by atoms with Gasteiger partial charge in [-0.1, -0.05) is 12.1 Å². The summed E-state index contributed by atoms with van der Waals surface area (Å²) in [6.07, 6.45) is 3.87. The van der Waals surface area contributed by atoms with Crippen LogP contribution in [-0.2, 0) is 6.42 Å². The van der Waals surface area contributed by atoms with E-state index in [2.05, 4.69) is 4.98 Å². The maximum Gasteiger partial charge on any atom is 0.193 e. The van der Waals surface area contributed by atoms with Crippen LogP contribution in [0, 0.1) is 0 Å². The van der Waals surface area contributed by atoms with Crippen molar-refractivity contribution in [1.29, 1.82) is 0 Å². The van der Waals surface area contributed by atoms with Crippen LogP contribution in [0.1, 0.15) is 24.3 Å². The van der Waals surface area contributed by atoms with Crippen LogP contribution in [0.3, 0.4) is 0 Å². The average molecular weight is 288 g/mol. The molecular formula is C15H16N2O2S. The number of ether oxygens (including phenoxy) is 1. The Kier molecular flexibility index (Phi) is 3.71. The monoisotopic (exact) mass is 288 g/mol. The van der Waals surface area contributed by atoms with Crippen molar-refractivity contribution in [1.82, 2.24) is 9.38 Å². The number of nitrogens with zero attached hydrogens (tertiary/aromatic N) is 2. The number of thiazole rings is 1. The van der Waals surface area contributed by atoms with Gasteiger partial charge >= 0.3 is 0 Å². The molecule has 0 spiro atoms. The van der Waals surface area contributed by atoms with Gasteiger partial charge in [-0.3, -0.25) is 4.40 Å². The minimum atomic E-state index is -0.569. The smallest absolute Gasteiger partial charge is 0.193 e. The molecule has 0 bridgehead atoms. The van der Waals surface area contributed by atoms with Crippen LogP contribution in [0.15, 0.2) is 42.0 Å². The fourth-order valence-electron chi connectivity index (χ4n) is 2.17. The minimum absolute atomic E-state index is 0.504. The predicted molar refractivity (Wildman–Crippen MR) is 79.3 cm³/mol. The molecule has 0 aliphatic carbocycles. The fraction of sp³-hybridized carbons (Fsp3) is 0.267. The first-order valence-electron chi connectivity index (χ1n) is 6.58. The van der Waals surface area contributed by atoms with Gasteiger partial charge < -0.3 is 9.84 Å². The molecule has 2 aromatic heterocycles. The molecule has 3 rings (SSSR count). The standard InChI is InChI=1S/C15H16N2O2S/c1-2-19-13-5-3-4-11(8-13)14(18)9-12-10-17-6-7-20-15(17)16-12/h3-8,10,14,18H,2,9H2,1H3. The molecule has 0 radical (unpaired) electrons. The van der Waals surface area contributed by atoms with Crippen molar-refractivity contribution in [3.05, 3.63) is 53.3 Å². The van der Waals surface area contributed by atoms with E-state index in [4.69, 9.17) is 4.74 Å². The topological polar surface area (TPSA) is 46.8 Å².